The Morgan fingerprint density at radius 3 is 2.60 bits per heavy atom. The van der Waals surface area contributed by atoms with Gasteiger partial charge in [0.15, 0.2) is 0 Å². The lowest BCUT2D eigenvalue weighted by Gasteiger charge is -2.19. The van der Waals surface area contributed by atoms with Crippen LogP contribution in [0.1, 0.15) is 22.8 Å². The lowest BCUT2D eigenvalue weighted by atomic mass is 10.2. The molecule has 20 heavy (non-hydrogen) atoms. The zero-order valence-corrected chi connectivity index (χ0v) is 11.7. The Bertz CT molecular complexity index is 571. The van der Waals surface area contributed by atoms with Gasteiger partial charge in [-0.25, -0.2) is 0 Å². The SMILES string of the molecule is CCNc1cnccc1C(=O)N(C)Cc1ccncc1. The van der Waals surface area contributed by atoms with Crippen molar-refractivity contribution in [2.45, 2.75) is 13.5 Å². The molecule has 2 rings (SSSR count). The standard InChI is InChI=1S/C15H18N4O/c1-3-18-14-10-17-9-6-13(14)15(20)19(2)11-12-4-7-16-8-5-12/h4-10,18H,3,11H2,1-2H3. The average molecular weight is 270 g/mol. The van der Waals surface area contributed by atoms with Crippen LogP contribution in [0.15, 0.2) is 43.0 Å². The van der Waals surface area contributed by atoms with Crippen LogP contribution in [0.2, 0.25) is 0 Å². The van der Waals surface area contributed by atoms with Crippen LogP contribution in [0, 0.1) is 0 Å². The minimum absolute atomic E-state index is 0.0276. The summed E-state index contributed by atoms with van der Waals surface area (Å²) in [6.45, 7) is 3.29. The largest absolute Gasteiger partial charge is 0.383 e. The van der Waals surface area contributed by atoms with Gasteiger partial charge in [-0.2, -0.15) is 0 Å². The van der Waals surface area contributed by atoms with Crippen LogP contribution in [0.3, 0.4) is 0 Å². The minimum atomic E-state index is -0.0276. The Morgan fingerprint density at radius 1 is 1.20 bits per heavy atom. The van der Waals surface area contributed by atoms with E-state index in [4.69, 9.17) is 0 Å². The molecule has 0 atom stereocenters. The maximum absolute atomic E-state index is 12.5. The van der Waals surface area contributed by atoms with Crippen LogP contribution < -0.4 is 5.32 Å². The zero-order valence-electron chi connectivity index (χ0n) is 11.7. The van der Waals surface area contributed by atoms with E-state index in [2.05, 4.69) is 15.3 Å². The molecular weight excluding hydrogens is 252 g/mol. The molecule has 0 bridgehead atoms. The molecule has 1 amide bonds. The zero-order chi connectivity index (χ0) is 14.4. The van der Waals surface area contributed by atoms with Crippen molar-refractivity contribution in [1.29, 1.82) is 0 Å². The average Bonchev–Trinajstić information content (AvgIpc) is 2.48. The van der Waals surface area contributed by atoms with Gasteiger partial charge in [0.25, 0.3) is 5.91 Å². The second kappa shape index (κ2) is 6.65. The highest BCUT2D eigenvalue weighted by molar-refractivity contribution is 5.99. The smallest absolute Gasteiger partial charge is 0.256 e. The highest BCUT2D eigenvalue weighted by atomic mass is 16.2. The molecule has 5 heteroatoms. The minimum Gasteiger partial charge on any atom is -0.383 e. The lowest BCUT2D eigenvalue weighted by molar-refractivity contribution is 0.0786. The number of anilines is 1. The molecule has 0 unspecified atom stereocenters. The summed E-state index contributed by atoms with van der Waals surface area (Å²) in [4.78, 5) is 22.2. The number of pyridine rings is 2. The van der Waals surface area contributed by atoms with Gasteiger partial charge < -0.3 is 10.2 Å². The summed E-state index contributed by atoms with van der Waals surface area (Å²) in [5, 5.41) is 3.16. The molecule has 0 saturated heterocycles. The summed E-state index contributed by atoms with van der Waals surface area (Å²) in [5.74, 6) is -0.0276. The van der Waals surface area contributed by atoms with Crippen molar-refractivity contribution in [2.75, 3.05) is 18.9 Å². The van der Waals surface area contributed by atoms with Crippen LogP contribution in [0.25, 0.3) is 0 Å². The summed E-state index contributed by atoms with van der Waals surface area (Å²) in [5.41, 5.74) is 2.45. The number of carbonyl (C=O) groups is 1. The monoisotopic (exact) mass is 270 g/mol. The number of hydrogen-bond acceptors (Lipinski definition) is 4. The van der Waals surface area contributed by atoms with Crippen molar-refractivity contribution in [3.05, 3.63) is 54.1 Å². The number of nitrogens with one attached hydrogen (secondary N) is 1. The molecule has 104 valence electrons. The second-order valence-corrected chi connectivity index (χ2v) is 4.47. The summed E-state index contributed by atoms with van der Waals surface area (Å²) >= 11 is 0. The molecule has 0 radical (unpaired) electrons. The highest BCUT2D eigenvalue weighted by Gasteiger charge is 2.15. The van der Waals surface area contributed by atoms with Gasteiger partial charge in [-0.3, -0.25) is 14.8 Å². The van der Waals surface area contributed by atoms with E-state index in [1.165, 1.54) is 0 Å². The fraction of sp³-hybridized carbons (Fsp3) is 0.267. The van der Waals surface area contributed by atoms with Crippen LogP contribution in [-0.4, -0.2) is 34.4 Å². The van der Waals surface area contributed by atoms with Crippen LogP contribution in [0.5, 0.6) is 0 Å². The molecule has 5 nitrogen and oxygen atoms in total. The molecule has 0 aliphatic rings. The molecule has 2 aromatic heterocycles. The van der Waals surface area contributed by atoms with E-state index in [0.717, 1.165) is 17.8 Å². The first kappa shape index (κ1) is 14.0. The van der Waals surface area contributed by atoms with Crippen LogP contribution in [-0.2, 0) is 6.54 Å². The van der Waals surface area contributed by atoms with Gasteiger partial charge in [-0.15, -0.1) is 0 Å². The van der Waals surface area contributed by atoms with Crippen LogP contribution in [0.4, 0.5) is 5.69 Å². The van der Waals surface area contributed by atoms with Crippen LogP contribution >= 0.6 is 0 Å². The predicted octanol–water partition coefficient (Wildman–Crippen LogP) is 2.18. The molecular formula is C15H18N4O. The van der Waals surface area contributed by atoms with E-state index in [0.29, 0.717) is 12.1 Å². The molecule has 2 aromatic rings. The third-order valence-electron chi connectivity index (χ3n) is 2.93. The fourth-order valence-corrected chi connectivity index (χ4v) is 1.95. The van der Waals surface area contributed by atoms with Crippen molar-refractivity contribution in [3.63, 3.8) is 0 Å². The quantitative estimate of drug-likeness (QED) is 0.904. The Kier molecular flexibility index (Phi) is 4.65. The molecule has 0 aromatic carbocycles. The van der Waals surface area contributed by atoms with Gasteiger partial charge in [0.1, 0.15) is 0 Å². The van der Waals surface area contributed by atoms with Gasteiger partial charge in [0.2, 0.25) is 0 Å². The molecule has 1 N–H and O–H groups in total. The first-order chi connectivity index (χ1) is 9.72. The fourth-order valence-electron chi connectivity index (χ4n) is 1.95. The van der Waals surface area contributed by atoms with Crippen molar-refractivity contribution in [3.8, 4) is 0 Å². The summed E-state index contributed by atoms with van der Waals surface area (Å²) < 4.78 is 0. The predicted molar refractivity (Wildman–Crippen MR) is 78.4 cm³/mol. The number of carbonyl (C=O) groups excluding carboxylic acids is 1. The lowest BCUT2D eigenvalue weighted by Crippen LogP contribution is -2.27. The number of amides is 1. The molecule has 0 saturated carbocycles. The Labute approximate surface area is 118 Å². The van der Waals surface area contributed by atoms with Gasteiger partial charge >= 0.3 is 0 Å². The maximum Gasteiger partial charge on any atom is 0.256 e. The van der Waals surface area contributed by atoms with Gasteiger partial charge in [-0.05, 0) is 30.7 Å². The van der Waals surface area contributed by atoms with Crippen molar-refractivity contribution in [1.82, 2.24) is 14.9 Å². The maximum atomic E-state index is 12.5. The van der Waals surface area contributed by atoms with E-state index in [1.807, 2.05) is 19.1 Å². The highest BCUT2D eigenvalue weighted by Crippen LogP contribution is 2.16. The Morgan fingerprint density at radius 2 is 1.90 bits per heavy atom. The van der Waals surface area contributed by atoms with Crippen molar-refractivity contribution >= 4 is 11.6 Å². The molecule has 2 heterocycles. The van der Waals surface area contributed by atoms with Gasteiger partial charge in [0, 0.05) is 38.7 Å². The Balaban J connectivity index is 2.14. The molecule has 0 fully saturated rings. The second-order valence-electron chi connectivity index (χ2n) is 4.47. The topological polar surface area (TPSA) is 58.1 Å². The van der Waals surface area contributed by atoms with E-state index >= 15 is 0 Å². The summed E-state index contributed by atoms with van der Waals surface area (Å²) in [6, 6.07) is 5.55. The normalized spacial score (nSPS) is 10.1. The number of hydrogen-bond donors (Lipinski definition) is 1. The van der Waals surface area contributed by atoms with Gasteiger partial charge in [0.05, 0.1) is 17.4 Å². The van der Waals surface area contributed by atoms with Crippen molar-refractivity contribution < 1.29 is 4.79 Å². The first-order valence-corrected chi connectivity index (χ1v) is 6.54. The Hall–Kier alpha value is -2.43. The number of aromatic nitrogens is 2. The van der Waals surface area contributed by atoms with Gasteiger partial charge in [-0.1, -0.05) is 0 Å². The third kappa shape index (κ3) is 3.32. The van der Waals surface area contributed by atoms with Crippen molar-refractivity contribution in [2.24, 2.45) is 0 Å². The number of nitrogens with zero attached hydrogens (tertiary/aromatic N) is 3. The third-order valence-corrected chi connectivity index (χ3v) is 2.93. The van der Waals surface area contributed by atoms with E-state index in [-0.39, 0.29) is 5.91 Å². The van der Waals surface area contributed by atoms with E-state index in [9.17, 15) is 4.79 Å². The molecule has 0 aliphatic carbocycles. The first-order valence-electron chi connectivity index (χ1n) is 6.54. The van der Waals surface area contributed by atoms with E-state index < -0.39 is 0 Å². The number of rotatable bonds is 5. The molecule has 0 spiro atoms. The van der Waals surface area contributed by atoms with E-state index in [1.54, 1.807) is 42.8 Å². The molecule has 0 aliphatic heterocycles. The summed E-state index contributed by atoms with van der Waals surface area (Å²) in [7, 11) is 1.79. The summed E-state index contributed by atoms with van der Waals surface area (Å²) in [6.07, 6.45) is 6.76.